The molecule has 1 spiro atoms. The molecule has 4 aliphatic rings. The molecule has 2 amide bonds. The second-order valence-electron chi connectivity index (χ2n) is 9.30. The van der Waals surface area contributed by atoms with E-state index in [4.69, 9.17) is 5.73 Å². The van der Waals surface area contributed by atoms with Crippen LogP contribution in [0.25, 0.3) is 5.57 Å². The largest absolute Gasteiger partial charge is 0.366 e. The Morgan fingerprint density at radius 2 is 2.10 bits per heavy atom. The van der Waals surface area contributed by atoms with Crippen molar-refractivity contribution in [2.45, 2.75) is 57.3 Å². The summed E-state index contributed by atoms with van der Waals surface area (Å²) in [4.78, 5) is 26.0. The minimum absolute atomic E-state index is 0.0627. The van der Waals surface area contributed by atoms with Gasteiger partial charge in [-0.15, -0.1) is 0 Å². The van der Waals surface area contributed by atoms with Crippen molar-refractivity contribution in [1.29, 1.82) is 0 Å². The fraction of sp³-hybridized carbons (Fsp3) is 0.500. The molecule has 2 fully saturated rings. The van der Waals surface area contributed by atoms with Gasteiger partial charge >= 0.3 is 0 Å². The maximum absolute atomic E-state index is 15.5. The SMILES string of the molecule is C=CC(=O)N1CCC[C@H](c2c(F)cc(C(N)=O)c3c2C2=C(CCC4(CC4)C2)C3)C1. The van der Waals surface area contributed by atoms with Crippen molar-refractivity contribution >= 4 is 17.4 Å². The molecular formula is C24H27FN2O2. The molecule has 152 valence electrons. The highest BCUT2D eigenvalue weighted by Crippen LogP contribution is 2.62. The average Bonchev–Trinajstić information content (AvgIpc) is 3.37. The van der Waals surface area contributed by atoms with Crippen LogP contribution in [0.4, 0.5) is 4.39 Å². The third-order valence-electron chi connectivity index (χ3n) is 7.59. The second kappa shape index (κ2) is 6.54. The molecule has 1 saturated carbocycles. The molecular weight excluding hydrogens is 367 g/mol. The molecule has 1 atom stereocenters. The van der Waals surface area contributed by atoms with Crippen molar-refractivity contribution in [1.82, 2.24) is 4.90 Å². The number of hydrogen-bond acceptors (Lipinski definition) is 2. The number of amides is 2. The third-order valence-corrected chi connectivity index (χ3v) is 7.59. The maximum atomic E-state index is 15.5. The fourth-order valence-corrected chi connectivity index (χ4v) is 5.83. The lowest BCUT2D eigenvalue weighted by Crippen LogP contribution is -2.38. The van der Waals surface area contributed by atoms with Crippen molar-refractivity contribution in [2.75, 3.05) is 13.1 Å². The second-order valence-corrected chi connectivity index (χ2v) is 9.30. The van der Waals surface area contributed by atoms with Crippen molar-refractivity contribution in [2.24, 2.45) is 11.1 Å². The van der Waals surface area contributed by atoms with Crippen LogP contribution in [0.15, 0.2) is 24.3 Å². The molecule has 2 N–H and O–H groups in total. The number of primary amides is 1. The lowest BCUT2D eigenvalue weighted by molar-refractivity contribution is -0.127. The monoisotopic (exact) mass is 394 g/mol. The summed E-state index contributed by atoms with van der Waals surface area (Å²) in [7, 11) is 0. The summed E-state index contributed by atoms with van der Waals surface area (Å²) in [6.45, 7) is 4.77. The van der Waals surface area contributed by atoms with Crippen LogP contribution in [0.5, 0.6) is 0 Å². The van der Waals surface area contributed by atoms with E-state index < -0.39 is 5.91 Å². The fourth-order valence-electron chi connectivity index (χ4n) is 5.83. The standard InChI is InChI=1S/C24H27FN2O2/c1-2-20(28)27-9-3-4-15(13-27)21-19(25)11-17(23(26)29)16-10-14-5-6-24(7-8-24)12-18(14)22(16)21/h2,11,15H,1,3-10,12-13H2,(H2,26,29)/t15-/m0/s1. The van der Waals surface area contributed by atoms with E-state index >= 15 is 4.39 Å². The molecule has 1 aromatic carbocycles. The number of carbonyl (C=O) groups excluding carboxylic acids is 2. The van der Waals surface area contributed by atoms with Crippen LogP contribution < -0.4 is 5.73 Å². The highest BCUT2D eigenvalue weighted by atomic mass is 19.1. The summed E-state index contributed by atoms with van der Waals surface area (Å²) in [6, 6.07) is 1.34. The Kier molecular flexibility index (Phi) is 4.19. The molecule has 1 heterocycles. The lowest BCUT2D eigenvalue weighted by Gasteiger charge is -2.34. The molecule has 0 radical (unpaired) electrons. The zero-order chi connectivity index (χ0) is 20.3. The highest BCUT2D eigenvalue weighted by Gasteiger charge is 2.48. The van der Waals surface area contributed by atoms with Gasteiger partial charge in [0.1, 0.15) is 5.82 Å². The molecule has 0 bridgehead atoms. The van der Waals surface area contributed by atoms with Gasteiger partial charge in [0.15, 0.2) is 0 Å². The lowest BCUT2D eigenvalue weighted by atomic mass is 9.78. The number of piperidine rings is 1. The number of fused-ring (bicyclic) bond motifs is 2. The van der Waals surface area contributed by atoms with Crippen LogP contribution in [0.3, 0.4) is 0 Å². The van der Waals surface area contributed by atoms with Crippen LogP contribution in [-0.2, 0) is 11.2 Å². The van der Waals surface area contributed by atoms with Gasteiger partial charge in [-0.05, 0) is 85.6 Å². The predicted molar refractivity (Wildman–Crippen MR) is 110 cm³/mol. The summed E-state index contributed by atoms with van der Waals surface area (Å²) < 4.78 is 15.5. The smallest absolute Gasteiger partial charge is 0.249 e. The van der Waals surface area contributed by atoms with Gasteiger partial charge in [0, 0.05) is 30.1 Å². The molecule has 1 saturated heterocycles. The quantitative estimate of drug-likeness (QED) is 0.785. The number of nitrogens with zero attached hydrogens (tertiary/aromatic N) is 1. The van der Waals surface area contributed by atoms with E-state index in [-0.39, 0.29) is 17.6 Å². The number of halogens is 1. The van der Waals surface area contributed by atoms with Crippen molar-refractivity contribution < 1.29 is 14.0 Å². The Labute approximate surface area is 170 Å². The normalized spacial score (nSPS) is 24.3. The van der Waals surface area contributed by atoms with Gasteiger partial charge < -0.3 is 10.6 Å². The Hall–Kier alpha value is -2.43. The zero-order valence-electron chi connectivity index (χ0n) is 16.7. The first-order chi connectivity index (χ1) is 13.9. The minimum atomic E-state index is -0.556. The van der Waals surface area contributed by atoms with E-state index in [9.17, 15) is 9.59 Å². The van der Waals surface area contributed by atoms with E-state index in [0.29, 0.717) is 36.1 Å². The molecule has 5 rings (SSSR count). The highest BCUT2D eigenvalue weighted by molar-refractivity contribution is 5.98. The van der Waals surface area contributed by atoms with Crippen molar-refractivity contribution in [3.05, 3.63) is 52.4 Å². The van der Waals surface area contributed by atoms with Gasteiger partial charge in [-0.1, -0.05) is 12.2 Å². The number of allylic oxidation sites excluding steroid dienone is 2. The molecule has 29 heavy (non-hydrogen) atoms. The molecule has 0 unspecified atom stereocenters. The van der Waals surface area contributed by atoms with Crippen LogP contribution in [0.2, 0.25) is 0 Å². The third kappa shape index (κ3) is 2.93. The Bertz CT molecular complexity index is 974. The minimum Gasteiger partial charge on any atom is -0.366 e. The summed E-state index contributed by atoms with van der Waals surface area (Å²) >= 11 is 0. The molecule has 1 aromatic rings. The predicted octanol–water partition coefficient (Wildman–Crippen LogP) is 4.09. The number of carbonyl (C=O) groups is 2. The topological polar surface area (TPSA) is 63.4 Å². The van der Waals surface area contributed by atoms with Gasteiger partial charge in [-0.2, -0.15) is 0 Å². The summed E-state index contributed by atoms with van der Waals surface area (Å²) in [5.74, 6) is -1.07. The van der Waals surface area contributed by atoms with E-state index in [1.807, 2.05) is 0 Å². The van der Waals surface area contributed by atoms with Gasteiger partial charge in [-0.3, -0.25) is 9.59 Å². The van der Waals surface area contributed by atoms with E-state index in [2.05, 4.69) is 6.58 Å². The average molecular weight is 394 g/mol. The molecule has 0 aromatic heterocycles. The zero-order valence-corrected chi connectivity index (χ0v) is 16.7. The summed E-state index contributed by atoms with van der Waals surface area (Å²) in [5, 5.41) is 0. The van der Waals surface area contributed by atoms with E-state index in [1.165, 1.54) is 42.6 Å². The summed E-state index contributed by atoms with van der Waals surface area (Å²) in [5.41, 5.74) is 11.6. The van der Waals surface area contributed by atoms with Crippen LogP contribution in [0, 0.1) is 11.2 Å². The van der Waals surface area contributed by atoms with Crippen molar-refractivity contribution in [3.8, 4) is 0 Å². The first-order valence-electron chi connectivity index (χ1n) is 10.7. The number of benzene rings is 1. The number of nitrogens with two attached hydrogens (primary N) is 1. The molecule has 1 aliphatic heterocycles. The van der Waals surface area contributed by atoms with E-state index in [0.717, 1.165) is 36.8 Å². The van der Waals surface area contributed by atoms with Gasteiger partial charge in [0.2, 0.25) is 11.8 Å². The van der Waals surface area contributed by atoms with Crippen molar-refractivity contribution in [3.63, 3.8) is 0 Å². The molecule has 4 nitrogen and oxygen atoms in total. The maximum Gasteiger partial charge on any atom is 0.249 e. The first-order valence-corrected chi connectivity index (χ1v) is 10.7. The van der Waals surface area contributed by atoms with Crippen LogP contribution in [0.1, 0.15) is 77.9 Å². The van der Waals surface area contributed by atoms with Gasteiger partial charge in [0.25, 0.3) is 0 Å². The first kappa shape index (κ1) is 18.6. The van der Waals surface area contributed by atoms with Gasteiger partial charge in [-0.25, -0.2) is 4.39 Å². The summed E-state index contributed by atoms with van der Waals surface area (Å²) in [6.07, 6.45) is 9.46. The van der Waals surface area contributed by atoms with Crippen LogP contribution >= 0.6 is 0 Å². The van der Waals surface area contributed by atoms with E-state index in [1.54, 1.807) is 4.90 Å². The number of rotatable bonds is 3. The van der Waals surface area contributed by atoms with Gasteiger partial charge in [0.05, 0.1) is 0 Å². The van der Waals surface area contributed by atoms with Crippen LogP contribution in [-0.4, -0.2) is 29.8 Å². The Morgan fingerprint density at radius 3 is 2.79 bits per heavy atom. The Morgan fingerprint density at radius 1 is 1.31 bits per heavy atom. The molecule has 3 aliphatic carbocycles. The molecule has 5 heteroatoms. The number of likely N-dealkylation sites (tertiary alicyclic amines) is 1. The number of hydrogen-bond donors (Lipinski definition) is 1. The Balaban J connectivity index is 1.62.